The van der Waals surface area contributed by atoms with Crippen molar-refractivity contribution in [2.75, 3.05) is 49.5 Å². The van der Waals surface area contributed by atoms with Crippen LogP contribution in [0.4, 0.5) is 16.4 Å². The molecule has 1 aliphatic heterocycles. The molecular weight excluding hydrogens is 354 g/mol. The van der Waals surface area contributed by atoms with Crippen LogP contribution in [-0.2, 0) is 4.74 Å². The highest BCUT2D eigenvalue weighted by atomic mass is 16.6. The molecule has 0 spiro atoms. The first kappa shape index (κ1) is 19.9. The maximum atomic E-state index is 11.9. The molecule has 0 radical (unpaired) electrons. The average Bonchev–Trinajstić information content (AvgIpc) is 2.75. The van der Waals surface area contributed by atoms with Crippen molar-refractivity contribution in [2.24, 2.45) is 0 Å². The van der Waals surface area contributed by atoms with Gasteiger partial charge in [-0.05, 0) is 13.3 Å². The second-order valence-corrected chi connectivity index (χ2v) is 6.75. The van der Waals surface area contributed by atoms with E-state index < -0.39 is 0 Å². The van der Waals surface area contributed by atoms with Gasteiger partial charge in [0.2, 0.25) is 0 Å². The van der Waals surface area contributed by atoms with Crippen LogP contribution in [0.15, 0.2) is 36.4 Å². The molecule has 1 amide bonds. The van der Waals surface area contributed by atoms with Crippen molar-refractivity contribution in [3.8, 4) is 11.4 Å². The SMILES string of the molecule is CCCCNc1cc(N2CCN(C(=O)OCC)CC2)nc(-c2ccccc2)n1. The Bertz CT molecular complexity index is 761. The predicted molar refractivity (Wildman–Crippen MR) is 112 cm³/mol. The van der Waals surface area contributed by atoms with Gasteiger partial charge in [-0.2, -0.15) is 0 Å². The van der Waals surface area contributed by atoms with Crippen LogP contribution in [-0.4, -0.2) is 60.3 Å². The Kier molecular flexibility index (Phi) is 7.06. The van der Waals surface area contributed by atoms with Gasteiger partial charge in [0.25, 0.3) is 0 Å². The van der Waals surface area contributed by atoms with E-state index in [0.717, 1.165) is 49.7 Å². The van der Waals surface area contributed by atoms with Crippen LogP contribution >= 0.6 is 0 Å². The van der Waals surface area contributed by atoms with Gasteiger partial charge >= 0.3 is 6.09 Å². The first-order valence-electron chi connectivity index (χ1n) is 10.1. The molecule has 0 atom stereocenters. The summed E-state index contributed by atoms with van der Waals surface area (Å²) >= 11 is 0. The molecule has 1 aromatic heterocycles. The molecule has 0 bridgehead atoms. The summed E-state index contributed by atoms with van der Waals surface area (Å²) in [4.78, 5) is 25.4. The van der Waals surface area contributed by atoms with E-state index in [1.165, 1.54) is 0 Å². The van der Waals surface area contributed by atoms with Crippen molar-refractivity contribution in [3.05, 3.63) is 36.4 Å². The zero-order valence-electron chi connectivity index (χ0n) is 16.7. The maximum absolute atomic E-state index is 11.9. The van der Waals surface area contributed by atoms with E-state index in [1.54, 1.807) is 4.90 Å². The Morgan fingerprint density at radius 3 is 2.54 bits per heavy atom. The molecule has 1 N–H and O–H groups in total. The summed E-state index contributed by atoms with van der Waals surface area (Å²) in [5.74, 6) is 2.44. The quantitative estimate of drug-likeness (QED) is 0.736. The normalized spacial score (nSPS) is 14.1. The van der Waals surface area contributed by atoms with E-state index in [1.807, 2.05) is 43.3 Å². The number of aromatic nitrogens is 2. The summed E-state index contributed by atoms with van der Waals surface area (Å²) in [6.07, 6.45) is 1.99. The Morgan fingerprint density at radius 1 is 1.11 bits per heavy atom. The number of amides is 1. The number of benzene rings is 1. The number of rotatable bonds is 7. The Balaban J connectivity index is 1.78. The number of anilines is 2. The molecule has 28 heavy (non-hydrogen) atoms. The van der Waals surface area contributed by atoms with Crippen LogP contribution in [0, 0.1) is 0 Å². The monoisotopic (exact) mass is 383 g/mol. The summed E-state index contributed by atoms with van der Waals surface area (Å²) in [6, 6.07) is 12.0. The summed E-state index contributed by atoms with van der Waals surface area (Å²) in [6.45, 7) is 7.98. The van der Waals surface area contributed by atoms with E-state index >= 15 is 0 Å². The van der Waals surface area contributed by atoms with E-state index in [4.69, 9.17) is 14.7 Å². The molecule has 1 saturated heterocycles. The second-order valence-electron chi connectivity index (χ2n) is 6.75. The lowest BCUT2D eigenvalue weighted by molar-refractivity contribution is 0.105. The van der Waals surface area contributed by atoms with Crippen LogP contribution in [0.5, 0.6) is 0 Å². The van der Waals surface area contributed by atoms with Crippen LogP contribution < -0.4 is 10.2 Å². The number of ether oxygens (including phenoxy) is 1. The van der Waals surface area contributed by atoms with Gasteiger partial charge in [0.15, 0.2) is 5.82 Å². The molecule has 0 unspecified atom stereocenters. The smallest absolute Gasteiger partial charge is 0.409 e. The van der Waals surface area contributed by atoms with Crippen molar-refractivity contribution >= 4 is 17.7 Å². The second kappa shape index (κ2) is 9.92. The molecule has 7 nitrogen and oxygen atoms in total. The molecule has 0 aliphatic carbocycles. The van der Waals surface area contributed by atoms with Crippen LogP contribution in [0.25, 0.3) is 11.4 Å². The highest BCUT2D eigenvalue weighted by Gasteiger charge is 2.23. The Labute approximate surface area is 166 Å². The number of unbranched alkanes of at least 4 members (excludes halogenated alkanes) is 1. The number of hydrogen-bond acceptors (Lipinski definition) is 6. The van der Waals surface area contributed by atoms with Gasteiger partial charge in [0, 0.05) is 44.4 Å². The van der Waals surface area contributed by atoms with E-state index in [9.17, 15) is 4.79 Å². The molecule has 0 saturated carbocycles. The molecule has 1 fully saturated rings. The van der Waals surface area contributed by atoms with Crippen molar-refractivity contribution in [1.29, 1.82) is 0 Å². The zero-order chi connectivity index (χ0) is 19.8. The van der Waals surface area contributed by atoms with E-state index in [0.29, 0.717) is 25.5 Å². The molecule has 7 heteroatoms. The maximum Gasteiger partial charge on any atom is 0.409 e. The lowest BCUT2D eigenvalue weighted by Crippen LogP contribution is -2.49. The molecule has 150 valence electrons. The number of piperazine rings is 1. The van der Waals surface area contributed by atoms with Crippen LogP contribution in [0.3, 0.4) is 0 Å². The first-order chi connectivity index (χ1) is 13.7. The minimum atomic E-state index is -0.239. The number of carbonyl (C=O) groups excluding carboxylic acids is 1. The molecule has 2 aromatic rings. The number of carbonyl (C=O) groups is 1. The summed E-state index contributed by atoms with van der Waals surface area (Å²) in [5, 5.41) is 3.42. The van der Waals surface area contributed by atoms with Gasteiger partial charge in [-0.1, -0.05) is 43.7 Å². The fraction of sp³-hybridized carbons (Fsp3) is 0.476. The predicted octanol–water partition coefficient (Wildman–Crippen LogP) is 3.63. The third kappa shape index (κ3) is 5.12. The largest absolute Gasteiger partial charge is 0.450 e. The minimum Gasteiger partial charge on any atom is -0.450 e. The highest BCUT2D eigenvalue weighted by Crippen LogP contribution is 2.23. The summed E-state index contributed by atoms with van der Waals surface area (Å²) in [5.41, 5.74) is 0.994. The third-order valence-corrected chi connectivity index (χ3v) is 4.71. The first-order valence-corrected chi connectivity index (χ1v) is 10.1. The van der Waals surface area contributed by atoms with E-state index in [2.05, 4.69) is 17.1 Å². The van der Waals surface area contributed by atoms with E-state index in [-0.39, 0.29) is 6.09 Å². The zero-order valence-corrected chi connectivity index (χ0v) is 16.7. The molecule has 2 heterocycles. The van der Waals surface area contributed by atoms with Crippen molar-refractivity contribution in [1.82, 2.24) is 14.9 Å². The number of nitrogens with one attached hydrogen (secondary N) is 1. The van der Waals surface area contributed by atoms with Gasteiger partial charge < -0.3 is 19.9 Å². The average molecular weight is 383 g/mol. The fourth-order valence-corrected chi connectivity index (χ4v) is 3.13. The highest BCUT2D eigenvalue weighted by molar-refractivity contribution is 5.68. The Morgan fingerprint density at radius 2 is 1.86 bits per heavy atom. The minimum absolute atomic E-state index is 0.239. The van der Waals surface area contributed by atoms with Crippen molar-refractivity contribution in [3.63, 3.8) is 0 Å². The van der Waals surface area contributed by atoms with Crippen LogP contribution in [0.1, 0.15) is 26.7 Å². The number of hydrogen-bond donors (Lipinski definition) is 1. The topological polar surface area (TPSA) is 70.6 Å². The number of nitrogens with zero attached hydrogens (tertiary/aromatic N) is 4. The van der Waals surface area contributed by atoms with Crippen molar-refractivity contribution in [2.45, 2.75) is 26.7 Å². The molecule has 3 rings (SSSR count). The third-order valence-electron chi connectivity index (χ3n) is 4.71. The standard InChI is InChI=1S/C21H29N5O2/c1-3-5-11-22-18-16-19(24-20(23-18)17-9-7-6-8-10-17)25-12-14-26(15-13-25)21(27)28-4-2/h6-10,16H,3-5,11-15H2,1-2H3,(H,22,23,24). The van der Waals surface area contributed by atoms with Gasteiger partial charge in [0.05, 0.1) is 6.61 Å². The van der Waals surface area contributed by atoms with Crippen LogP contribution in [0.2, 0.25) is 0 Å². The Hall–Kier alpha value is -2.83. The lowest BCUT2D eigenvalue weighted by atomic mass is 10.2. The molecule has 1 aliphatic rings. The molecule has 1 aromatic carbocycles. The molecular formula is C21H29N5O2. The summed E-state index contributed by atoms with van der Waals surface area (Å²) in [7, 11) is 0. The van der Waals surface area contributed by atoms with Crippen molar-refractivity contribution < 1.29 is 9.53 Å². The fourth-order valence-electron chi connectivity index (χ4n) is 3.13. The summed E-state index contributed by atoms with van der Waals surface area (Å²) < 4.78 is 5.11. The van der Waals surface area contributed by atoms with Gasteiger partial charge in [-0.3, -0.25) is 0 Å². The van der Waals surface area contributed by atoms with Gasteiger partial charge in [-0.15, -0.1) is 0 Å². The lowest BCUT2D eigenvalue weighted by Gasteiger charge is -2.34. The van der Waals surface area contributed by atoms with Gasteiger partial charge in [-0.25, -0.2) is 14.8 Å². The van der Waals surface area contributed by atoms with Gasteiger partial charge in [0.1, 0.15) is 11.6 Å².